The predicted octanol–water partition coefficient (Wildman–Crippen LogP) is 1.81. The van der Waals surface area contributed by atoms with E-state index in [4.69, 9.17) is 19.1 Å². The van der Waals surface area contributed by atoms with Crippen molar-refractivity contribution in [3.05, 3.63) is 30.2 Å². The van der Waals surface area contributed by atoms with Crippen molar-refractivity contribution >= 4 is 5.97 Å². The molecule has 3 rings (SSSR count). The van der Waals surface area contributed by atoms with Crippen molar-refractivity contribution in [1.82, 2.24) is 5.16 Å². The van der Waals surface area contributed by atoms with Crippen LogP contribution in [0.3, 0.4) is 0 Å². The Balaban J connectivity index is 2.06. The topological polar surface area (TPSA) is 81.8 Å². The lowest BCUT2D eigenvalue weighted by Crippen LogP contribution is -2.15. The predicted molar refractivity (Wildman–Crippen MR) is 59.9 cm³/mol. The summed E-state index contributed by atoms with van der Waals surface area (Å²) in [7, 11) is 0. The van der Waals surface area contributed by atoms with Crippen molar-refractivity contribution in [2.45, 2.75) is 0 Å². The monoisotopic (exact) mass is 247 g/mol. The Hall–Kier alpha value is -2.50. The van der Waals surface area contributed by atoms with Crippen LogP contribution in [0.1, 0.15) is 10.6 Å². The Kier molecular flexibility index (Phi) is 2.40. The normalized spacial score (nSPS) is 13.3. The van der Waals surface area contributed by atoms with Crippen LogP contribution in [0, 0.1) is 0 Å². The van der Waals surface area contributed by atoms with Crippen LogP contribution in [-0.4, -0.2) is 29.4 Å². The van der Waals surface area contributed by atoms with Crippen LogP contribution in [0.15, 0.2) is 28.9 Å². The standard InChI is InChI=1S/C12H9NO5/c14-12(15)11-8(6-13-18-11)7-1-2-9-10(5-7)17-4-3-16-9/h1-2,5-6H,3-4H2,(H,14,15). The molecule has 1 aromatic heterocycles. The van der Waals surface area contributed by atoms with E-state index in [9.17, 15) is 4.79 Å². The van der Waals surface area contributed by atoms with Gasteiger partial charge in [0.1, 0.15) is 13.2 Å². The van der Waals surface area contributed by atoms with Gasteiger partial charge in [-0.3, -0.25) is 0 Å². The SMILES string of the molecule is O=C(O)c1oncc1-c1ccc2c(c1)OCCO2. The lowest BCUT2D eigenvalue weighted by Gasteiger charge is -2.18. The molecule has 2 aromatic rings. The average Bonchev–Trinajstić information content (AvgIpc) is 2.87. The highest BCUT2D eigenvalue weighted by molar-refractivity contribution is 5.92. The van der Waals surface area contributed by atoms with E-state index in [0.717, 1.165) is 0 Å². The molecule has 18 heavy (non-hydrogen) atoms. The molecule has 0 radical (unpaired) electrons. The van der Waals surface area contributed by atoms with Crippen molar-refractivity contribution < 1.29 is 23.9 Å². The minimum atomic E-state index is -1.16. The summed E-state index contributed by atoms with van der Waals surface area (Å²) in [5.74, 6) is -0.0984. The molecule has 1 N–H and O–H groups in total. The van der Waals surface area contributed by atoms with Crippen LogP contribution in [0.2, 0.25) is 0 Å². The maximum absolute atomic E-state index is 11.0. The second-order valence-corrected chi connectivity index (χ2v) is 3.73. The van der Waals surface area contributed by atoms with Gasteiger partial charge in [-0.1, -0.05) is 11.2 Å². The summed E-state index contributed by atoms with van der Waals surface area (Å²) < 4.78 is 15.5. The van der Waals surface area contributed by atoms with Gasteiger partial charge in [0.05, 0.1) is 11.8 Å². The van der Waals surface area contributed by atoms with Crippen molar-refractivity contribution in [3.8, 4) is 22.6 Å². The van der Waals surface area contributed by atoms with Gasteiger partial charge in [-0.15, -0.1) is 0 Å². The fourth-order valence-corrected chi connectivity index (χ4v) is 1.81. The third kappa shape index (κ3) is 1.67. The third-order valence-corrected chi connectivity index (χ3v) is 2.62. The smallest absolute Gasteiger partial charge is 0.375 e. The highest BCUT2D eigenvalue weighted by Crippen LogP contribution is 2.35. The van der Waals surface area contributed by atoms with Crippen molar-refractivity contribution in [3.63, 3.8) is 0 Å². The summed E-state index contributed by atoms with van der Waals surface area (Å²) in [6.07, 6.45) is 1.37. The molecule has 0 saturated heterocycles. The molecule has 0 unspecified atom stereocenters. The largest absolute Gasteiger partial charge is 0.486 e. The van der Waals surface area contributed by atoms with Gasteiger partial charge < -0.3 is 19.1 Å². The molecule has 0 bridgehead atoms. The van der Waals surface area contributed by atoms with E-state index in [1.165, 1.54) is 6.20 Å². The molecular weight excluding hydrogens is 238 g/mol. The molecule has 92 valence electrons. The lowest BCUT2D eigenvalue weighted by molar-refractivity contribution is 0.0653. The minimum Gasteiger partial charge on any atom is -0.486 e. The number of fused-ring (bicyclic) bond motifs is 1. The molecule has 0 amide bonds. The number of rotatable bonds is 2. The Bertz CT molecular complexity index is 604. The van der Waals surface area contributed by atoms with Crippen LogP contribution < -0.4 is 9.47 Å². The summed E-state index contributed by atoms with van der Waals surface area (Å²) in [5.41, 5.74) is 1.08. The Morgan fingerprint density at radius 1 is 1.22 bits per heavy atom. The number of hydrogen-bond donors (Lipinski definition) is 1. The Labute approximate surface area is 102 Å². The molecular formula is C12H9NO5. The number of aromatic carboxylic acids is 1. The maximum atomic E-state index is 11.0. The van der Waals surface area contributed by atoms with Gasteiger partial charge in [-0.25, -0.2) is 4.79 Å². The second kappa shape index (κ2) is 4.06. The first-order valence-electron chi connectivity index (χ1n) is 5.33. The highest BCUT2D eigenvalue weighted by atomic mass is 16.6. The molecule has 2 heterocycles. The zero-order chi connectivity index (χ0) is 12.5. The molecule has 0 fully saturated rings. The summed E-state index contributed by atoms with van der Waals surface area (Å²) in [6.45, 7) is 0.992. The number of benzene rings is 1. The van der Waals surface area contributed by atoms with Crippen LogP contribution in [0.25, 0.3) is 11.1 Å². The molecule has 0 saturated carbocycles. The molecule has 6 nitrogen and oxygen atoms in total. The van der Waals surface area contributed by atoms with Gasteiger partial charge in [0.15, 0.2) is 11.5 Å². The summed E-state index contributed by atoms with van der Waals surface area (Å²) in [6, 6.07) is 5.20. The number of hydrogen-bond acceptors (Lipinski definition) is 5. The quantitative estimate of drug-likeness (QED) is 0.871. The van der Waals surface area contributed by atoms with Crippen LogP contribution >= 0.6 is 0 Å². The molecule has 1 aliphatic heterocycles. The van der Waals surface area contributed by atoms with E-state index >= 15 is 0 Å². The first kappa shape index (κ1) is 10.6. The van der Waals surface area contributed by atoms with Crippen molar-refractivity contribution in [2.75, 3.05) is 13.2 Å². The van der Waals surface area contributed by atoms with E-state index in [-0.39, 0.29) is 5.76 Å². The highest BCUT2D eigenvalue weighted by Gasteiger charge is 2.19. The molecule has 1 aliphatic rings. The minimum absolute atomic E-state index is 0.188. The summed E-state index contributed by atoms with van der Waals surface area (Å²) in [4.78, 5) is 11.0. The molecule has 6 heteroatoms. The number of nitrogens with zero attached hydrogens (tertiary/aromatic N) is 1. The van der Waals surface area contributed by atoms with Gasteiger partial charge in [-0.05, 0) is 17.7 Å². The fourth-order valence-electron chi connectivity index (χ4n) is 1.81. The van der Waals surface area contributed by atoms with Gasteiger partial charge in [0, 0.05) is 0 Å². The van der Waals surface area contributed by atoms with E-state index in [1.54, 1.807) is 18.2 Å². The lowest BCUT2D eigenvalue weighted by atomic mass is 10.1. The fraction of sp³-hybridized carbons (Fsp3) is 0.167. The van der Waals surface area contributed by atoms with E-state index in [2.05, 4.69) is 5.16 Å². The molecule has 1 aromatic carbocycles. The van der Waals surface area contributed by atoms with Gasteiger partial charge in [0.25, 0.3) is 5.76 Å². The first-order chi connectivity index (χ1) is 8.75. The molecule has 0 atom stereocenters. The summed E-state index contributed by atoms with van der Waals surface area (Å²) in [5, 5.41) is 12.5. The van der Waals surface area contributed by atoms with Gasteiger partial charge in [-0.2, -0.15) is 0 Å². The van der Waals surface area contributed by atoms with Crippen molar-refractivity contribution in [1.29, 1.82) is 0 Å². The van der Waals surface area contributed by atoms with Crippen LogP contribution in [0.5, 0.6) is 11.5 Å². The number of aromatic nitrogens is 1. The average molecular weight is 247 g/mol. The van der Waals surface area contributed by atoms with Crippen LogP contribution in [0.4, 0.5) is 0 Å². The molecule has 0 aliphatic carbocycles. The Morgan fingerprint density at radius 3 is 2.78 bits per heavy atom. The van der Waals surface area contributed by atoms with Crippen LogP contribution in [-0.2, 0) is 0 Å². The third-order valence-electron chi connectivity index (χ3n) is 2.62. The van der Waals surface area contributed by atoms with E-state index in [0.29, 0.717) is 35.8 Å². The molecule has 0 spiro atoms. The number of carboxylic acids is 1. The van der Waals surface area contributed by atoms with E-state index in [1.807, 2.05) is 0 Å². The van der Waals surface area contributed by atoms with E-state index < -0.39 is 5.97 Å². The number of carboxylic acid groups (broad SMARTS) is 1. The first-order valence-corrected chi connectivity index (χ1v) is 5.33. The number of carbonyl (C=O) groups is 1. The number of ether oxygens (including phenoxy) is 2. The zero-order valence-corrected chi connectivity index (χ0v) is 9.25. The summed E-state index contributed by atoms with van der Waals surface area (Å²) >= 11 is 0. The van der Waals surface area contributed by atoms with Gasteiger partial charge in [0.2, 0.25) is 0 Å². The maximum Gasteiger partial charge on any atom is 0.375 e. The van der Waals surface area contributed by atoms with Crippen molar-refractivity contribution in [2.24, 2.45) is 0 Å². The Morgan fingerprint density at radius 2 is 2.00 bits per heavy atom. The zero-order valence-electron chi connectivity index (χ0n) is 9.25. The van der Waals surface area contributed by atoms with Gasteiger partial charge >= 0.3 is 5.97 Å². The second-order valence-electron chi connectivity index (χ2n) is 3.73.